The van der Waals surface area contributed by atoms with Crippen molar-refractivity contribution in [3.05, 3.63) is 45.8 Å². The van der Waals surface area contributed by atoms with Crippen LogP contribution < -0.4 is 0 Å². The van der Waals surface area contributed by atoms with Crippen LogP contribution in [0.4, 0.5) is 0 Å². The maximum absolute atomic E-state index is 6.04. The van der Waals surface area contributed by atoms with Gasteiger partial charge in [-0.15, -0.1) is 0 Å². The quantitative estimate of drug-likeness (QED) is 0.721. The number of hydrogen-bond acceptors (Lipinski definition) is 2. The number of rotatable bonds is 1. The van der Waals surface area contributed by atoms with Crippen molar-refractivity contribution in [2.24, 2.45) is 0 Å². The summed E-state index contributed by atoms with van der Waals surface area (Å²) in [6, 6.07) is 3.30. The number of halogens is 3. The second kappa shape index (κ2) is 4.35. The van der Waals surface area contributed by atoms with E-state index in [0.717, 1.165) is 0 Å². The van der Waals surface area contributed by atoms with Crippen LogP contribution in [-0.4, -0.2) is 9.97 Å². The molecular formula is C10H5Cl3N2. The first-order chi connectivity index (χ1) is 7.18. The predicted octanol–water partition coefficient (Wildman–Crippen LogP) is 4.10. The van der Waals surface area contributed by atoms with Gasteiger partial charge in [0.05, 0.1) is 21.9 Å². The molecule has 0 spiro atoms. The first kappa shape index (κ1) is 10.7. The molecule has 0 saturated heterocycles. The van der Waals surface area contributed by atoms with Crippen molar-refractivity contribution in [1.29, 1.82) is 0 Å². The molecule has 0 saturated carbocycles. The molecule has 2 nitrogen and oxygen atoms in total. The lowest BCUT2D eigenvalue weighted by Gasteiger charge is -2.05. The van der Waals surface area contributed by atoms with Crippen LogP contribution in [-0.2, 0) is 0 Å². The second-order valence-electron chi connectivity index (χ2n) is 2.84. The standard InChI is InChI=1S/C10H5Cl3N2/c11-6-3-7(10(13)8(12)4-6)9-5-14-1-2-15-9/h1-5H. The van der Waals surface area contributed by atoms with E-state index >= 15 is 0 Å². The molecule has 15 heavy (non-hydrogen) atoms. The summed E-state index contributed by atoms with van der Waals surface area (Å²) >= 11 is 17.8. The molecule has 2 aromatic rings. The highest BCUT2D eigenvalue weighted by Crippen LogP contribution is 2.35. The predicted molar refractivity (Wildman–Crippen MR) is 62.5 cm³/mol. The normalized spacial score (nSPS) is 10.3. The molecule has 0 amide bonds. The van der Waals surface area contributed by atoms with Crippen molar-refractivity contribution in [1.82, 2.24) is 9.97 Å². The third kappa shape index (κ3) is 2.23. The molecule has 1 aromatic heterocycles. The van der Waals surface area contributed by atoms with Crippen LogP contribution in [0.25, 0.3) is 11.3 Å². The molecule has 0 N–H and O–H groups in total. The molecule has 1 heterocycles. The summed E-state index contributed by atoms with van der Waals surface area (Å²) in [4.78, 5) is 8.08. The van der Waals surface area contributed by atoms with Crippen molar-refractivity contribution >= 4 is 34.8 Å². The molecule has 0 aliphatic heterocycles. The fraction of sp³-hybridized carbons (Fsp3) is 0. The summed E-state index contributed by atoms with van der Waals surface area (Å²) in [6.07, 6.45) is 4.78. The lowest BCUT2D eigenvalue weighted by molar-refractivity contribution is 1.21. The summed E-state index contributed by atoms with van der Waals surface area (Å²) in [7, 11) is 0. The Hall–Kier alpha value is -0.830. The van der Waals surface area contributed by atoms with Gasteiger partial charge < -0.3 is 0 Å². The van der Waals surface area contributed by atoms with E-state index in [0.29, 0.717) is 26.3 Å². The molecule has 0 aliphatic carbocycles. The third-order valence-corrected chi connectivity index (χ3v) is 2.85. The molecule has 0 fully saturated rings. The monoisotopic (exact) mass is 258 g/mol. The van der Waals surface area contributed by atoms with Crippen molar-refractivity contribution < 1.29 is 0 Å². The van der Waals surface area contributed by atoms with Crippen LogP contribution in [0, 0.1) is 0 Å². The number of benzene rings is 1. The highest BCUT2D eigenvalue weighted by atomic mass is 35.5. The Bertz CT molecular complexity index is 486. The zero-order chi connectivity index (χ0) is 10.8. The Morgan fingerprint density at radius 3 is 2.47 bits per heavy atom. The number of hydrogen-bond donors (Lipinski definition) is 0. The highest BCUT2D eigenvalue weighted by molar-refractivity contribution is 6.45. The SMILES string of the molecule is Clc1cc(Cl)c(Cl)c(-c2cnccn2)c1. The van der Waals surface area contributed by atoms with Crippen molar-refractivity contribution in [2.45, 2.75) is 0 Å². The van der Waals surface area contributed by atoms with Gasteiger partial charge in [-0.25, -0.2) is 0 Å². The number of nitrogens with zero attached hydrogens (tertiary/aromatic N) is 2. The molecule has 0 unspecified atom stereocenters. The van der Waals surface area contributed by atoms with Gasteiger partial charge in [-0.1, -0.05) is 34.8 Å². The second-order valence-corrected chi connectivity index (χ2v) is 4.06. The molecule has 76 valence electrons. The zero-order valence-corrected chi connectivity index (χ0v) is 9.68. The highest BCUT2D eigenvalue weighted by Gasteiger charge is 2.09. The van der Waals surface area contributed by atoms with E-state index < -0.39 is 0 Å². The van der Waals surface area contributed by atoms with Crippen LogP contribution in [0.3, 0.4) is 0 Å². The van der Waals surface area contributed by atoms with Gasteiger partial charge in [-0.3, -0.25) is 9.97 Å². The molecular weight excluding hydrogens is 254 g/mol. The van der Waals surface area contributed by atoms with E-state index in [1.54, 1.807) is 30.7 Å². The van der Waals surface area contributed by atoms with Gasteiger partial charge in [0.25, 0.3) is 0 Å². The lowest BCUT2D eigenvalue weighted by atomic mass is 10.1. The molecule has 5 heteroatoms. The molecule has 0 aliphatic rings. The van der Waals surface area contributed by atoms with Crippen LogP contribution >= 0.6 is 34.8 Å². The Kier molecular flexibility index (Phi) is 3.10. The summed E-state index contributed by atoms with van der Waals surface area (Å²) in [5.41, 5.74) is 1.33. The molecule has 0 radical (unpaired) electrons. The van der Waals surface area contributed by atoms with E-state index in [1.807, 2.05) is 0 Å². The Balaban J connectivity index is 2.63. The zero-order valence-electron chi connectivity index (χ0n) is 7.42. The largest absolute Gasteiger partial charge is 0.261 e. The topological polar surface area (TPSA) is 25.8 Å². The van der Waals surface area contributed by atoms with Crippen LogP contribution in [0.15, 0.2) is 30.7 Å². The van der Waals surface area contributed by atoms with Gasteiger partial charge in [0.1, 0.15) is 0 Å². The molecule has 0 bridgehead atoms. The maximum Gasteiger partial charge on any atom is 0.0901 e. The molecule has 1 aromatic carbocycles. The van der Waals surface area contributed by atoms with E-state index in [1.165, 1.54) is 0 Å². The first-order valence-electron chi connectivity index (χ1n) is 4.09. The van der Waals surface area contributed by atoms with E-state index in [-0.39, 0.29) is 0 Å². The first-order valence-corrected chi connectivity index (χ1v) is 5.23. The summed E-state index contributed by atoms with van der Waals surface area (Å²) in [6.45, 7) is 0. The fourth-order valence-electron chi connectivity index (χ4n) is 1.18. The minimum absolute atomic E-state index is 0.407. The van der Waals surface area contributed by atoms with Crippen LogP contribution in [0.1, 0.15) is 0 Å². The molecule has 0 atom stereocenters. The summed E-state index contributed by atoms with van der Waals surface area (Å²) < 4.78 is 0. The van der Waals surface area contributed by atoms with Crippen molar-refractivity contribution in [3.63, 3.8) is 0 Å². The smallest absolute Gasteiger partial charge is 0.0901 e. The Labute approximate surface area is 102 Å². The maximum atomic E-state index is 6.04. The summed E-state index contributed by atoms with van der Waals surface area (Å²) in [5, 5.41) is 1.36. The van der Waals surface area contributed by atoms with E-state index in [2.05, 4.69) is 9.97 Å². The van der Waals surface area contributed by atoms with Gasteiger partial charge >= 0.3 is 0 Å². The lowest BCUT2D eigenvalue weighted by Crippen LogP contribution is -1.86. The molecule has 2 rings (SSSR count). The Morgan fingerprint density at radius 2 is 1.80 bits per heavy atom. The van der Waals surface area contributed by atoms with Gasteiger partial charge in [0.15, 0.2) is 0 Å². The summed E-state index contributed by atoms with van der Waals surface area (Å²) in [5.74, 6) is 0. The van der Waals surface area contributed by atoms with Crippen LogP contribution in [0.2, 0.25) is 15.1 Å². The minimum Gasteiger partial charge on any atom is -0.261 e. The minimum atomic E-state index is 0.407. The van der Waals surface area contributed by atoms with E-state index in [4.69, 9.17) is 34.8 Å². The van der Waals surface area contributed by atoms with Crippen molar-refractivity contribution in [3.8, 4) is 11.3 Å². The third-order valence-electron chi connectivity index (χ3n) is 1.83. The van der Waals surface area contributed by atoms with Gasteiger partial charge in [0.2, 0.25) is 0 Å². The van der Waals surface area contributed by atoms with Gasteiger partial charge in [-0.05, 0) is 12.1 Å². The Morgan fingerprint density at radius 1 is 1.00 bits per heavy atom. The van der Waals surface area contributed by atoms with Gasteiger partial charge in [-0.2, -0.15) is 0 Å². The van der Waals surface area contributed by atoms with E-state index in [9.17, 15) is 0 Å². The fourth-order valence-corrected chi connectivity index (χ4v) is 1.88. The number of aromatic nitrogens is 2. The average molecular weight is 260 g/mol. The van der Waals surface area contributed by atoms with Crippen molar-refractivity contribution in [2.75, 3.05) is 0 Å². The van der Waals surface area contributed by atoms with Gasteiger partial charge in [0, 0.05) is 23.0 Å². The average Bonchev–Trinajstić information content (AvgIpc) is 2.24. The van der Waals surface area contributed by atoms with Crippen LogP contribution in [0.5, 0.6) is 0 Å².